The summed E-state index contributed by atoms with van der Waals surface area (Å²) in [7, 11) is 0. The van der Waals surface area contributed by atoms with Crippen molar-refractivity contribution in [2.24, 2.45) is 5.92 Å². The van der Waals surface area contributed by atoms with Crippen molar-refractivity contribution in [2.45, 2.75) is 51.9 Å². The third-order valence-electron chi connectivity index (χ3n) is 3.35. The molecular weight excluding hydrogens is 240 g/mol. The fourth-order valence-corrected chi connectivity index (χ4v) is 2.18. The molecule has 1 aliphatic rings. The van der Waals surface area contributed by atoms with Crippen LogP contribution in [0.4, 0.5) is 0 Å². The molecule has 3 heteroatoms. The molecule has 0 radical (unpaired) electrons. The summed E-state index contributed by atoms with van der Waals surface area (Å²) < 4.78 is 11.4. The minimum Gasteiger partial charge on any atom is -0.490 e. The van der Waals surface area contributed by atoms with E-state index in [1.807, 2.05) is 31.2 Å². The van der Waals surface area contributed by atoms with Crippen LogP contribution in [0, 0.1) is 5.92 Å². The molecule has 0 bridgehead atoms. The monoisotopic (exact) mass is 264 g/mol. The van der Waals surface area contributed by atoms with Crippen LogP contribution in [-0.2, 0) is 4.74 Å². The Bertz CT molecular complexity index is 399. The van der Waals surface area contributed by atoms with Gasteiger partial charge in [-0.1, -0.05) is 26.0 Å². The molecule has 1 aromatic rings. The molecule has 0 amide bonds. The van der Waals surface area contributed by atoms with E-state index in [4.69, 9.17) is 9.47 Å². The number of aliphatic hydroxyl groups is 1. The van der Waals surface area contributed by atoms with Gasteiger partial charge >= 0.3 is 0 Å². The summed E-state index contributed by atoms with van der Waals surface area (Å²) in [6.45, 7) is 6.69. The summed E-state index contributed by atoms with van der Waals surface area (Å²) in [4.78, 5) is 0. The zero-order valence-corrected chi connectivity index (χ0v) is 12.0. The highest BCUT2D eigenvalue weighted by atomic mass is 16.5. The van der Waals surface area contributed by atoms with Crippen LogP contribution in [0.2, 0.25) is 0 Å². The van der Waals surface area contributed by atoms with Gasteiger partial charge in [0.25, 0.3) is 0 Å². The number of benzene rings is 1. The minimum absolute atomic E-state index is 0.179. The van der Waals surface area contributed by atoms with E-state index in [0.29, 0.717) is 12.7 Å². The second kappa shape index (κ2) is 6.40. The van der Waals surface area contributed by atoms with Crippen molar-refractivity contribution in [3.05, 3.63) is 29.8 Å². The van der Waals surface area contributed by atoms with Crippen molar-refractivity contribution < 1.29 is 14.6 Å². The van der Waals surface area contributed by atoms with Gasteiger partial charge in [0.2, 0.25) is 0 Å². The van der Waals surface area contributed by atoms with Gasteiger partial charge in [0.1, 0.15) is 11.9 Å². The molecule has 106 valence electrons. The lowest BCUT2D eigenvalue weighted by Crippen LogP contribution is -2.27. The molecule has 0 saturated heterocycles. The number of hydrogen-bond acceptors (Lipinski definition) is 3. The number of aliphatic hydroxyl groups excluding tert-OH is 1. The van der Waals surface area contributed by atoms with Crippen molar-refractivity contribution in [1.29, 1.82) is 0 Å². The summed E-state index contributed by atoms with van der Waals surface area (Å²) in [5, 5.41) is 10.5. The van der Waals surface area contributed by atoms with E-state index in [1.54, 1.807) is 0 Å². The summed E-state index contributed by atoms with van der Waals surface area (Å²) in [6, 6.07) is 7.73. The summed E-state index contributed by atoms with van der Waals surface area (Å²) in [6.07, 6.45) is 1.87. The smallest absolute Gasteiger partial charge is 0.120 e. The van der Waals surface area contributed by atoms with E-state index in [2.05, 4.69) is 13.8 Å². The fourth-order valence-electron chi connectivity index (χ4n) is 2.18. The molecule has 0 aromatic heterocycles. The molecule has 2 atom stereocenters. The van der Waals surface area contributed by atoms with Crippen LogP contribution in [0.15, 0.2) is 24.3 Å². The largest absolute Gasteiger partial charge is 0.490 e. The van der Waals surface area contributed by atoms with Gasteiger partial charge in [-0.25, -0.2) is 0 Å². The average molecular weight is 264 g/mol. The van der Waals surface area contributed by atoms with Crippen LogP contribution in [0.25, 0.3) is 0 Å². The van der Waals surface area contributed by atoms with E-state index in [9.17, 15) is 5.11 Å². The molecule has 2 rings (SSSR count). The topological polar surface area (TPSA) is 38.7 Å². The Morgan fingerprint density at radius 3 is 2.63 bits per heavy atom. The van der Waals surface area contributed by atoms with Gasteiger partial charge in [0.15, 0.2) is 0 Å². The first-order chi connectivity index (χ1) is 9.11. The van der Waals surface area contributed by atoms with Gasteiger partial charge in [-0.2, -0.15) is 0 Å². The fraction of sp³-hybridized carbons (Fsp3) is 0.625. The van der Waals surface area contributed by atoms with Gasteiger partial charge in [-0.05, 0) is 43.4 Å². The lowest BCUT2D eigenvalue weighted by molar-refractivity contribution is -0.0586. The highest BCUT2D eigenvalue weighted by molar-refractivity contribution is 5.31. The Hall–Kier alpha value is -1.06. The number of ether oxygens (including phenoxy) is 2. The van der Waals surface area contributed by atoms with Crippen LogP contribution in [-0.4, -0.2) is 23.9 Å². The average Bonchev–Trinajstić information content (AvgIpc) is 3.19. The molecule has 0 heterocycles. The molecule has 1 N–H and O–H groups in total. The van der Waals surface area contributed by atoms with E-state index in [-0.39, 0.29) is 12.0 Å². The Kier molecular flexibility index (Phi) is 4.83. The second-order valence-corrected chi connectivity index (χ2v) is 5.50. The first-order valence-corrected chi connectivity index (χ1v) is 7.18. The van der Waals surface area contributed by atoms with Crippen molar-refractivity contribution >= 4 is 0 Å². The minimum atomic E-state index is -0.609. The molecule has 3 nitrogen and oxygen atoms in total. The maximum atomic E-state index is 10.5. The maximum absolute atomic E-state index is 10.5. The lowest BCUT2D eigenvalue weighted by atomic mass is 9.96. The van der Waals surface area contributed by atoms with Gasteiger partial charge < -0.3 is 14.6 Å². The molecular formula is C16H24O3. The Morgan fingerprint density at radius 2 is 2.05 bits per heavy atom. The molecule has 1 fully saturated rings. The van der Waals surface area contributed by atoms with Gasteiger partial charge in [0, 0.05) is 6.61 Å². The van der Waals surface area contributed by atoms with Crippen LogP contribution < -0.4 is 4.74 Å². The molecule has 1 aromatic carbocycles. The van der Waals surface area contributed by atoms with E-state index in [1.165, 1.54) is 0 Å². The maximum Gasteiger partial charge on any atom is 0.120 e. The van der Waals surface area contributed by atoms with Crippen molar-refractivity contribution in [3.63, 3.8) is 0 Å². The number of rotatable bonds is 7. The van der Waals surface area contributed by atoms with Crippen molar-refractivity contribution in [2.75, 3.05) is 6.61 Å². The summed E-state index contributed by atoms with van der Waals surface area (Å²) >= 11 is 0. The van der Waals surface area contributed by atoms with Gasteiger partial charge in [-0.15, -0.1) is 0 Å². The zero-order valence-electron chi connectivity index (χ0n) is 12.0. The van der Waals surface area contributed by atoms with E-state index >= 15 is 0 Å². The molecule has 0 aliphatic heterocycles. The highest BCUT2D eigenvalue weighted by Gasteiger charge is 2.26. The summed E-state index contributed by atoms with van der Waals surface area (Å²) in [5.41, 5.74) is 0.866. The standard InChI is InChI=1S/C16H24O3/c1-4-18-16(11(2)3)15(17)12-6-5-7-14(10-12)19-13-8-9-13/h5-7,10-11,13,15-17H,4,8-9H2,1-3H3. The Morgan fingerprint density at radius 1 is 1.32 bits per heavy atom. The molecule has 2 unspecified atom stereocenters. The lowest BCUT2D eigenvalue weighted by Gasteiger charge is -2.26. The second-order valence-electron chi connectivity index (χ2n) is 5.50. The molecule has 1 aliphatic carbocycles. The SMILES string of the molecule is CCOC(C(C)C)C(O)c1cccc(OC2CC2)c1. The first kappa shape index (κ1) is 14.4. The van der Waals surface area contributed by atoms with E-state index in [0.717, 1.165) is 24.2 Å². The third-order valence-corrected chi connectivity index (χ3v) is 3.35. The van der Waals surface area contributed by atoms with Crippen LogP contribution in [0.5, 0.6) is 5.75 Å². The van der Waals surface area contributed by atoms with E-state index < -0.39 is 6.10 Å². The Balaban J connectivity index is 2.09. The molecule has 0 spiro atoms. The summed E-state index contributed by atoms with van der Waals surface area (Å²) in [5.74, 6) is 1.11. The van der Waals surface area contributed by atoms with Crippen LogP contribution in [0.1, 0.15) is 45.3 Å². The molecule has 1 saturated carbocycles. The normalized spacial score (nSPS) is 18.4. The van der Waals surface area contributed by atoms with Crippen LogP contribution in [0.3, 0.4) is 0 Å². The number of hydrogen-bond donors (Lipinski definition) is 1. The quantitative estimate of drug-likeness (QED) is 0.821. The van der Waals surface area contributed by atoms with Crippen molar-refractivity contribution in [3.8, 4) is 5.75 Å². The van der Waals surface area contributed by atoms with Gasteiger partial charge in [0.05, 0.1) is 12.2 Å². The third kappa shape index (κ3) is 3.95. The molecule has 19 heavy (non-hydrogen) atoms. The first-order valence-electron chi connectivity index (χ1n) is 7.18. The predicted octanol–water partition coefficient (Wildman–Crippen LogP) is 3.32. The predicted molar refractivity (Wildman–Crippen MR) is 75.3 cm³/mol. The highest BCUT2D eigenvalue weighted by Crippen LogP contribution is 2.30. The van der Waals surface area contributed by atoms with Crippen LogP contribution >= 0.6 is 0 Å². The zero-order chi connectivity index (χ0) is 13.8. The van der Waals surface area contributed by atoms with Crippen molar-refractivity contribution in [1.82, 2.24) is 0 Å². The Labute approximate surface area is 115 Å². The van der Waals surface area contributed by atoms with Gasteiger partial charge in [-0.3, -0.25) is 0 Å².